The van der Waals surface area contributed by atoms with Crippen LogP contribution in [0.2, 0.25) is 5.02 Å². The molecule has 2 rings (SSSR count). The highest BCUT2D eigenvalue weighted by molar-refractivity contribution is 6.32. The van der Waals surface area contributed by atoms with E-state index in [0.717, 1.165) is 18.7 Å². The molecule has 0 aromatic heterocycles. The fourth-order valence-electron chi connectivity index (χ4n) is 2.53. The summed E-state index contributed by atoms with van der Waals surface area (Å²) < 4.78 is 10.1. The molecule has 1 aliphatic heterocycles. The fraction of sp³-hybridized carbons (Fsp3) is 0.500. The van der Waals surface area contributed by atoms with E-state index in [1.807, 2.05) is 24.3 Å². The molecule has 0 radical (unpaired) electrons. The smallest absolute Gasteiger partial charge is 0.396 e. The van der Waals surface area contributed by atoms with Gasteiger partial charge in [-0.15, -0.1) is 0 Å². The minimum atomic E-state index is -0.868. The van der Waals surface area contributed by atoms with Crippen LogP contribution in [-0.4, -0.2) is 56.2 Å². The molecule has 1 aromatic carbocycles. The molecule has 0 aliphatic carbocycles. The molecule has 1 unspecified atom stereocenters. The Bertz CT molecular complexity index is 547. The first-order valence-corrected chi connectivity index (χ1v) is 8.02. The lowest BCUT2D eigenvalue weighted by Gasteiger charge is -2.35. The molecule has 1 aromatic rings. The van der Waals surface area contributed by atoms with Crippen molar-refractivity contribution in [1.29, 1.82) is 0 Å². The van der Waals surface area contributed by atoms with Crippen LogP contribution >= 0.6 is 11.6 Å². The van der Waals surface area contributed by atoms with Crippen molar-refractivity contribution in [3.05, 3.63) is 34.9 Å². The maximum atomic E-state index is 11.8. The first-order valence-electron chi connectivity index (χ1n) is 7.64. The monoisotopic (exact) mass is 340 g/mol. The maximum Gasteiger partial charge on any atom is 0.396 e. The highest BCUT2D eigenvalue weighted by Gasteiger charge is 2.26. The van der Waals surface area contributed by atoms with Crippen LogP contribution in [0.1, 0.15) is 18.5 Å². The molecule has 1 aliphatic rings. The summed E-state index contributed by atoms with van der Waals surface area (Å²) in [6, 6.07) is 7.39. The summed E-state index contributed by atoms with van der Waals surface area (Å²) in [5, 5.41) is 3.27. The van der Waals surface area contributed by atoms with Crippen molar-refractivity contribution in [2.45, 2.75) is 13.0 Å². The van der Waals surface area contributed by atoms with E-state index in [2.05, 4.69) is 10.2 Å². The van der Waals surface area contributed by atoms with E-state index in [1.165, 1.54) is 0 Å². The van der Waals surface area contributed by atoms with Crippen molar-refractivity contribution in [2.24, 2.45) is 0 Å². The van der Waals surface area contributed by atoms with Crippen LogP contribution in [-0.2, 0) is 19.1 Å². The first kappa shape index (κ1) is 17.7. The Kier molecular flexibility index (Phi) is 6.83. The lowest BCUT2D eigenvalue weighted by Crippen LogP contribution is -2.45. The Balaban J connectivity index is 2.09. The van der Waals surface area contributed by atoms with E-state index < -0.39 is 11.9 Å². The molecule has 0 saturated carbocycles. The van der Waals surface area contributed by atoms with Crippen molar-refractivity contribution in [3.8, 4) is 0 Å². The highest BCUT2D eigenvalue weighted by Crippen LogP contribution is 2.27. The van der Waals surface area contributed by atoms with E-state index in [9.17, 15) is 9.59 Å². The van der Waals surface area contributed by atoms with Crippen LogP contribution in [0.25, 0.3) is 0 Å². The molecule has 23 heavy (non-hydrogen) atoms. The first-order chi connectivity index (χ1) is 11.1. The zero-order valence-electron chi connectivity index (χ0n) is 13.1. The number of amides is 1. The topological polar surface area (TPSA) is 67.9 Å². The summed E-state index contributed by atoms with van der Waals surface area (Å²) in [5.74, 6) is -1.61. The molecule has 126 valence electrons. The maximum absolute atomic E-state index is 11.8. The molecule has 0 bridgehead atoms. The lowest BCUT2D eigenvalue weighted by atomic mass is 10.0. The second kappa shape index (κ2) is 8.86. The largest absolute Gasteiger partial charge is 0.459 e. The molecule has 1 heterocycles. The molecule has 1 N–H and O–H groups in total. The molecule has 1 saturated heterocycles. The Morgan fingerprint density at radius 3 is 2.70 bits per heavy atom. The minimum absolute atomic E-state index is 0.119. The molecule has 1 atom stereocenters. The second-order valence-electron chi connectivity index (χ2n) is 5.12. The quantitative estimate of drug-likeness (QED) is 0.648. The van der Waals surface area contributed by atoms with Gasteiger partial charge in [0.1, 0.15) is 0 Å². The van der Waals surface area contributed by atoms with Crippen LogP contribution < -0.4 is 5.32 Å². The SMILES string of the molecule is CCOC(=O)C(=O)NCC(c1ccccc1Cl)N1CCOCC1. The number of carbonyl (C=O) groups excluding carboxylic acids is 2. The van der Waals surface area contributed by atoms with Crippen molar-refractivity contribution in [3.63, 3.8) is 0 Å². The predicted molar refractivity (Wildman–Crippen MR) is 86.2 cm³/mol. The normalized spacial score (nSPS) is 16.6. The van der Waals surface area contributed by atoms with Gasteiger partial charge in [0, 0.05) is 24.7 Å². The van der Waals surface area contributed by atoms with Gasteiger partial charge in [0.05, 0.1) is 25.9 Å². The number of benzene rings is 1. The summed E-state index contributed by atoms with van der Waals surface area (Å²) in [6.45, 7) is 4.85. The summed E-state index contributed by atoms with van der Waals surface area (Å²) in [6.07, 6.45) is 0. The third-order valence-corrected chi connectivity index (χ3v) is 4.01. The van der Waals surface area contributed by atoms with E-state index in [1.54, 1.807) is 6.92 Å². The van der Waals surface area contributed by atoms with Gasteiger partial charge >= 0.3 is 11.9 Å². The zero-order valence-corrected chi connectivity index (χ0v) is 13.8. The van der Waals surface area contributed by atoms with Gasteiger partial charge in [0.15, 0.2) is 0 Å². The number of nitrogens with one attached hydrogen (secondary N) is 1. The van der Waals surface area contributed by atoms with Crippen molar-refractivity contribution < 1.29 is 19.1 Å². The minimum Gasteiger partial charge on any atom is -0.459 e. The molecule has 1 amide bonds. The third-order valence-electron chi connectivity index (χ3n) is 3.67. The van der Waals surface area contributed by atoms with Gasteiger partial charge in [0.25, 0.3) is 0 Å². The summed E-state index contributed by atoms with van der Waals surface area (Å²) in [7, 11) is 0. The number of halogens is 1. The van der Waals surface area contributed by atoms with Gasteiger partial charge < -0.3 is 14.8 Å². The Hall–Kier alpha value is -1.63. The van der Waals surface area contributed by atoms with E-state index in [4.69, 9.17) is 21.1 Å². The number of hydrogen-bond acceptors (Lipinski definition) is 5. The van der Waals surface area contributed by atoms with Gasteiger partial charge in [-0.3, -0.25) is 9.69 Å². The summed E-state index contributed by atoms with van der Waals surface area (Å²) in [5.41, 5.74) is 0.917. The van der Waals surface area contributed by atoms with Crippen LogP contribution in [0.15, 0.2) is 24.3 Å². The Labute approximate surface area is 140 Å². The molecule has 0 spiro atoms. The number of hydrogen-bond donors (Lipinski definition) is 1. The van der Waals surface area contributed by atoms with Gasteiger partial charge in [-0.25, -0.2) is 4.79 Å². The van der Waals surface area contributed by atoms with E-state index in [-0.39, 0.29) is 19.2 Å². The molecule has 7 heteroatoms. The molecular formula is C16H21ClN2O4. The Morgan fingerprint density at radius 1 is 1.35 bits per heavy atom. The molecule has 6 nitrogen and oxygen atoms in total. The average Bonchev–Trinajstić information content (AvgIpc) is 2.57. The van der Waals surface area contributed by atoms with Crippen LogP contribution in [0.4, 0.5) is 0 Å². The van der Waals surface area contributed by atoms with Gasteiger partial charge in [0.2, 0.25) is 0 Å². The van der Waals surface area contributed by atoms with Crippen LogP contribution in [0, 0.1) is 0 Å². The van der Waals surface area contributed by atoms with Crippen molar-refractivity contribution in [1.82, 2.24) is 10.2 Å². The predicted octanol–water partition coefficient (Wildman–Crippen LogP) is 1.39. The zero-order chi connectivity index (χ0) is 16.7. The summed E-state index contributed by atoms with van der Waals surface area (Å²) >= 11 is 6.30. The van der Waals surface area contributed by atoms with E-state index >= 15 is 0 Å². The lowest BCUT2D eigenvalue weighted by molar-refractivity contribution is -0.154. The fourth-order valence-corrected chi connectivity index (χ4v) is 2.79. The van der Waals surface area contributed by atoms with Gasteiger partial charge in [-0.2, -0.15) is 0 Å². The second-order valence-corrected chi connectivity index (χ2v) is 5.52. The van der Waals surface area contributed by atoms with Gasteiger partial charge in [-0.05, 0) is 18.6 Å². The number of ether oxygens (including phenoxy) is 2. The number of rotatable bonds is 5. The third kappa shape index (κ3) is 4.92. The van der Waals surface area contributed by atoms with E-state index in [0.29, 0.717) is 18.2 Å². The van der Waals surface area contributed by atoms with Crippen LogP contribution in [0.5, 0.6) is 0 Å². The van der Waals surface area contributed by atoms with Crippen molar-refractivity contribution >= 4 is 23.5 Å². The average molecular weight is 341 g/mol. The number of esters is 1. The number of nitrogens with zero attached hydrogens (tertiary/aromatic N) is 1. The van der Waals surface area contributed by atoms with Crippen molar-refractivity contribution in [2.75, 3.05) is 39.5 Å². The number of carbonyl (C=O) groups is 2. The Morgan fingerprint density at radius 2 is 2.04 bits per heavy atom. The standard InChI is InChI=1S/C16H21ClN2O4/c1-2-23-16(21)15(20)18-11-14(19-7-9-22-10-8-19)12-5-3-4-6-13(12)17/h3-6,14H,2,7-11H2,1H3,(H,18,20). The number of morpholine rings is 1. The molecular weight excluding hydrogens is 320 g/mol. The van der Waals surface area contributed by atoms with Crippen LogP contribution in [0.3, 0.4) is 0 Å². The summed E-state index contributed by atoms with van der Waals surface area (Å²) in [4.78, 5) is 25.4. The highest BCUT2D eigenvalue weighted by atomic mass is 35.5. The molecule has 1 fully saturated rings. The van der Waals surface area contributed by atoms with Gasteiger partial charge in [-0.1, -0.05) is 29.8 Å².